The van der Waals surface area contributed by atoms with Crippen LogP contribution in [0.3, 0.4) is 0 Å². The molecule has 1 nitrogen and oxygen atoms in total. The first kappa shape index (κ1) is 21.9. The smallest absolute Gasteiger partial charge is 0.0153 e. The molecular formula is C27H45N. The molecule has 2 unspecified atom stereocenters. The Hall–Kier alpha value is -0.820. The van der Waals surface area contributed by atoms with Crippen LogP contribution in [0.4, 0.5) is 0 Å². The lowest BCUT2D eigenvalue weighted by Crippen LogP contribution is -2.45. The second kappa shape index (κ2) is 6.86. The van der Waals surface area contributed by atoms with E-state index in [0.717, 1.165) is 17.8 Å². The van der Waals surface area contributed by atoms with Gasteiger partial charge in [-0.05, 0) is 71.8 Å². The van der Waals surface area contributed by atoms with E-state index in [1.165, 1.54) is 37.1 Å². The Morgan fingerprint density at radius 1 is 0.714 bits per heavy atom. The van der Waals surface area contributed by atoms with E-state index in [1.807, 2.05) is 0 Å². The third kappa shape index (κ3) is 4.35. The lowest BCUT2D eigenvalue weighted by molar-refractivity contribution is 0.0995. The molecule has 1 saturated carbocycles. The Balaban J connectivity index is 1.58. The van der Waals surface area contributed by atoms with Crippen molar-refractivity contribution >= 4 is 0 Å². The Bertz CT molecular complexity index is 668. The normalized spacial score (nSPS) is 26.4. The molecule has 0 amide bonds. The van der Waals surface area contributed by atoms with Crippen molar-refractivity contribution in [2.24, 2.45) is 23.2 Å². The summed E-state index contributed by atoms with van der Waals surface area (Å²) in [4.78, 5) is 2.79. The van der Waals surface area contributed by atoms with Gasteiger partial charge in [0.1, 0.15) is 0 Å². The number of hydrogen-bond acceptors (Lipinski definition) is 1. The molecule has 0 spiro atoms. The quantitative estimate of drug-likeness (QED) is 0.527. The number of rotatable bonds is 5. The minimum Gasteiger partial charge on any atom is -0.298 e. The first-order valence-corrected chi connectivity index (χ1v) is 11.5. The van der Waals surface area contributed by atoms with E-state index in [0.29, 0.717) is 11.0 Å². The van der Waals surface area contributed by atoms with E-state index < -0.39 is 0 Å². The fourth-order valence-electron chi connectivity index (χ4n) is 5.65. The van der Waals surface area contributed by atoms with Crippen molar-refractivity contribution in [3.05, 3.63) is 35.4 Å². The van der Waals surface area contributed by atoms with Crippen molar-refractivity contribution in [2.45, 2.75) is 98.4 Å². The van der Waals surface area contributed by atoms with Gasteiger partial charge in [0, 0.05) is 18.6 Å². The maximum absolute atomic E-state index is 2.79. The van der Waals surface area contributed by atoms with Crippen molar-refractivity contribution in [2.75, 3.05) is 13.1 Å². The lowest BCUT2D eigenvalue weighted by atomic mass is 9.76. The highest BCUT2D eigenvalue weighted by Gasteiger charge is 2.61. The van der Waals surface area contributed by atoms with Crippen LogP contribution in [-0.4, -0.2) is 23.5 Å². The largest absolute Gasteiger partial charge is 0.298 e. The Morgan fingerprint density at radius 3 is 1.61 bits per heavy atom. The van der Waals surface area contributed by atoms with E-state index in [-0.39, 0.29) is 10.8 Å². The van der Waals surface area contributed by atoms with Gasteiger partial charge < -0.3 is 0 Å². The highest BCUT2D eigenvalue weighted by Crippen LogP contribution is 2.60. The molecule has 1 heterocycles. The van der Waals surface area contributed by atoms with Crippen LogP contribution in [0.25, 0.3) is 0 Å². The van der Waals surface area contributed by atoms with Gasteiger partial charge in [-0.2, -0.15) is 0 Å². The van der Waals surface area contributed by atoms with E-state index >= 15 is 0 Å². The van der Waals surface area contributed by atoms with Crippen LogP contribution in [0.5, 0.6) is 0 Å². The van der Waals surface area contributed by atoms with Gasteiger partial charge in [-0.3, -0.25) is 4.90 Å². The summed E-state index contributed by atoms with van der Waals surface area (Å²) in [6.07, 6.45) is 2.50. The molecule has 1 aromatic rings. The molecule has 1 aliphatic carbocycles. The van der Waals surface area contributed by atoms with Crippen LogP contribution in [0, 0.1) is 23.2 Å². The van der Waals surface area contributed by atoms with Gasteiger partial charge in [-0.25, -0.2) is 0 Å². The number of likely N-dealkylation sites (tertiary alicyclic amines) is 1. The zero-order valence-corrected chi connectivity index (χ0v) is 20.3. The lowest BCUT2D eigenvalue weighted by Gasteiger charge is -2.40. The van der Waals surface area contributed by atoms with E-state index in [4.69, 9.17) is 0 Å². The predicted molar refractivity (Wildman–Crippen MR) is 123 cm³/mol. The summed E-state index contributed by atoms with van der Waals surface area (Å²) < 4.78 is 0. The van der Waals surface area contributed by atoms with Gasteiger partial charge in [0.15, 0.2) is 0 Å². The first-order chi connectivity index (χ1) is 12.6. The third-order valence-corrected chi connectivity index (χ3v) is 7.94. The SMILES string of the molecule is CC(C)(C)c1ccc(C(C)(C)CCC(C)(C)N2CC3C(C2)C3C(C)(C)C)cc1. The summed E-state index contributed by atoms with van der Waals surface area (Å²) in [6.45, 7) is 26.6. The average Bonchev–Trinajstić information content (AvgIpc) is 3.09. The van der Waals surface area contributed by atoms with Crippen molar-refractivity contribution in [1.29, 1.82) is 0 Å². The Labute approximate surface area is 175 Å². The molecule has 1 heteroatoms. The van der Waals surface area contributed by atoms with Gasteiger partial charge in [-0.15, -0.1) is 0 Å². The van der Waals surface area contributed by atoms with Crippen molar-refractivity contribution in [3.8, 4) is 0 Å². The minimum absolute atomic E-state index is 0.226. The average molecular weight is 384 g/mol. The summed E-state index contributed by atoms with van der Waals surface area (Å²) >= 11 is 0. The molecule has 2 atom stereocenters. The second-order valence-corrected chi connectivity index (χ2v) is 13.1. The van der Waals surface area contributed by atoms with Crippen LogP contribution in [0.2, 0.25) is 0 Å². The van der Waals surface area contributed by atoms with Crippen LogP contribution < -0.4 is 0 Å². The van der Waals surface area contributed by atoms with E-state index in [9.17, 15) is 0 Å². The number of fused-ring (bicyclic) bond motifs is 1. The monoisotopic (exact) mass is 383 g/mol. The van der Waals surface area contributed by atoms with Crippen LogP contribution in [0.15, 0.2) is 24.3 Å². The molecule has 28 heavy (non-hydrogen) atoms. The fourth-order valence-corrected chi connectivity index (χ4v) is 5.65. The summed E-state index contributed by atoms with van der Waals surface area (Å²) in [7, 11) is 0. The second-order valence-electron chi connectivity index (χ2n) is 13.1. The molecule has 0 radical (unpaired) electrons. The molecule has 0 aromatic heterocycles. The molecule has 2 fully saturated rings. The molecular weight excluding hydrogens is 338 g/mol. The van der Waals surface area contributed by atoms with Gasteiger partial charge >= 0.3 is 0 Å². The van der Waals surface area contributed by atoms with Gasteiger partial charge in [-0.1, -0.05) is 79.7 Å². The number of piperidine rings is 1. The molecule has 2 aliphatic rings. The summed E-state index contributed by atoms with van der Waals surface area (Å²) in [5, 5.41) is 0. The molecule has 1 saturated heterocycles. The van der Waals surface area contributed by atoms with E-state index in [2.05, 4.69) is 98.4 Å². The maximum atomic E-state index is 2.79. The molecule has 1 aliphatic heterocycles. The molecule has 0 bridgehead atoms. The molecule has 0 N–H and O–H groups in total. The summed E-state index contributed by atoms with van der Waals surface area (Å²) in [6, 6.07) is 9.41. The Kier molecular flexibility index (Phi) is 5.36. The summed E-state index contributed by atoms with van der Waals surface area (Å²) in [5.41, 5.74) is 4.16. The summed E-state index contributed by atoms with van der Waals surface area (Å²) in [5.74, 6) is 2.87. The molecule has 158 valence electrons. The van der Waals surface area contributed by atoms with Crippen molar-refractivity contribution in [3.63, 3.8) is 0 Å². The highest BCUT2D eigenvalue weighted by molar-refractivity contribution is 5.31. The first-order valence-electron chi connectivity index (χ1n) is 11.5. The minimum atomic E-state index is 0.226. The van der Waals surface area contributed by atoms with Gasteiger partial charge in [0.25, 0.3) is 0 Å². The standard InChI is InChI=1S/C27H45N/c1-24(2,3)19-11-13-20(14-12-19)26(7,8)15-16-27(9,10)28-17-21-22(18-28)23(21)25(4,5)6/h11-14,21-23H,15-18H2,1-10H3. The topological polar surface area (TPSA) is 3.24 Å². The molecule has 3 rings (SSSR count). The fraction of sp³-hybridized carbons (Fsp3) is 0.778. The molecule has 1 aromatic carbocycles. The van der Waals surface area contributed by atoms with Crippen LogP contribution in [0.1, 0.15) is 93.2 Å². The van der Waals surface area contributed by atoms with Crippen molar-refractivity contribution in [1.82, 2.24) is 4.90 Å². The van der Waals surface area contributed by atoms with Gasteiger partial charge in [0.2, 0.25) is 0 Å². The van der Waals surface area contributed by atoms with E-state index in [1.54, 1.807) is 0 Å². The van der Waals surface area contributed by atoms with Gasteiger partial charge in [0.05, 0.1) is 0 Å². The predicted octanol–water partition coefficient (Wildman–Crippen LogP) is 7.04. The number of benzene rings is 1. The van der Waals surface area contributed by atoms with Crippen molar-refractivity contribution < 1.29 is 0 Å². The Morgan fingerprint density at radius 2 is 1.18 bits per heavy atom. The zero-order valence-electron chi connectivity index (χ0n) is 20.3. The van der Waals surface area contributed by atoms with Crippen LogP contribution in [-0.2, 0) is 10.8 Å². The zero-order chi connectivity index (χ0) is 21.1. The highest BCUT2D eigenvalue weighted by atomic mass is 15.2. The number of nitrogens with zero attached hydrogens (tertiary/aromatic N) is 1. The number of hydrogen-bond donors (Lipinski definition) is 0. The van der Waals surface area contributed by atoms with Crippen LogP contribution >= 0.6 is 0 Å². The third-order valence-electron chi connectivity index (χ3n) is 7.94. The maximum Gasteiger partial charge on any atom is 0.0153 e.